The minimum Gasteiger partial charge on any atom is -0.319 e. The molecule has 2 nitrogen and oxygen atoms in total. The van der Waals surface area contributed by atoms with E-state index in [0.29, 0.717) is 13.0 Å². The first-order valence-corrected chi connectivity index (χ1v) is 5.41. The summed E-state index contributed by atoms with van der Waals surface area (Å²) in [5.74, 6) is 0. The number of nitrogens with zero attached hydrogens (tertiary/aromatic N) is 1. The second-order valence-electron chi connectivity index (χ2n) is 3.71. The number of hydrogen-bond donors (Lipinski definition) is 1. The maximum Gasteiger partial charge on any atom is 0.417 e. The highest BCUT2D eigenvalue weighted by molar-refractivity contribution is 5.57. The van der Waals surface area contributed by atoms with Crippen LogP contribution in [0.5, 0.6) is 0 Å². The molecular weight excluding hydrogens is 241 g/mol. The Morgan fingerprint density at radius 3 is 2.67 bits per heavy atom. The molecule has 18 heavy (non-hydrogen) atoms. The van der Waals surface area contributed by atoms with Gasteiger partial charge in [0.25, 0.3) is 0 Å². The second-order valence-corrected chi connectivity index (χ2v) is 3.71. The molecule has 0 heterocycles. The first kappa shape index (κ1) is 14.3. The van der Waals surface area contributed by atoms with Crippen molar-refractivity contribution in [3.8, 4) is 6.07 Å². The molecule has 0 unspecified atom stereocenters. The third kappa shape index (κ3) is 3.90. The van der Waals surface area contributed by atoms with Crippen LogP contribution in [0.1, 0.15) is 23.1 Å². The molecule has 0 saturated heterocycles. The summed E-state index contributed by atoms with van der Waals surface area (Å²) < 4.78 is 38.4. The Labute approximate surface area is 104 Å². The van der Waals surface area contributed by atoms with E-state index in [1.165, 1.54) is 18.2 Å². The van der Waals surface area contributed by atoms with Crippen molar-refractivity contribution in [2.75, 3.05) is 13.6 Å². The van der Waals surface area contributed by atoms with Gasteiger partial charge in [0.2, 0.25) is 0 Å². The quantitative estimate of drug-likeness (QED) is 0.837. The van der Waals surface area contributed by atoms with E-state index in [-0.39, 0.29) is 11.1 Å². The van der Waals surface area contributed by atoms with Crippen LogP contribution in [-0.2, 0) is 6.18 Å². The van der Waals surface area contributed by atoms with Gasteiger partial charge in [-0.3, -0.25) is 0 Å². The Kier molecular flexibility index (Phi) is 4.93. The first-order chi connectivity index (χ1) is 8.49. The van der Waals surface area contributed by atoms with Gasteiger partial charge in [-0.15, -0.1) is 0 Å². The maximum absolute atomic E-state index is 12.8. The summed E-state index contributed by atoms with van der Waals surface area (Å²) in [5.41, 5.74) is -0.686. The van der Waals surface area contributed by atoms with Gasteiger partial charge < -0.3 is 5.32 Å². The van der Waals surface area contributed by atoms with Gasteiger partial charge in [0.05, 0.1) is 17.2 Å². The lowest BCUT2D eigenvalue weighted by Gasteiger charge is -2.10. The Morgan fingerprint density at radius 1 is 1.39 bits per heavy atom. The zero-order chi connectivity index (χ0) is 13.6. The molecule has 0 amide bonds. The molecule has 0 aliphatic rings. The standard InChI is InChI=1S/C13H13F3N2/c1-18-7-3-2-4-11-6-5-10(9-17)8-12(11)13(14,15)16/h2,4-6,8,18H,3,7H2,1H3. The molecule has 1 N–H and O–H groups in total. The van der Waals surface area contributed by atoms with Crippen molar-refractivity contribution in [1.82, 2.24) is 5.32 Å². The van der Waals surface area contributed by atoms with Crippen LogP contribution in [-0.4, -0.2) is 13.6 Å². The summed E-state index contributed by atoms with van der Waals surface area (Å²) in [6.07, 6.45) is -0.697. The van der Waals surface area contributed by atoms with Crippen LogP contribution < -0.4 is 5.32 Å². The van der Waals surface area contributed by atoms with Crippen molar-refractivity contribution in [2.45, 2.75) is 12.6 Å². The zero-order valence-corrected chi connectivity index (χ0v) is 9.88. The van der Waals surface area contributed by atoms with Crippen molar-refractivity contribution in [2.24, 2.45) is 0 Å². The highest BCUT2D eigenvalue weighted by Gasteiger charge is 2.32. The van der Waals surface area contributed by atoms with E-state index >= 15 is 0 Å². The molecule has 5 heteroatoms. The summed E-state index contributed by atoms with van der Waals surface area (Å²) in [6.45, 7) is 0.703. The molecule has 1 aromatic carbocycles. The molecule has 0 spiro atoms. The van der Waals surface area contributed by atoms with Crippen molar-refractivity contribution in [1.29, 1.82) is 5.26 Å². The summed E-state index contributed by atoms with van der Waals surface area (Å²) in [4.78, 5) is 0. The average Bonchev–Trinajstić information content (AvgIpc) is 2.33. The smallest absolute Gasteiger partial charge is 0.319 e. The molecular formula is C13H13F3N2. The van der Waals surface area contributed by atoms with Gasteiger partial charge in [-0.25, -0.2) is 0 Å². The van der Waals surface area contributed by atoms with Crippen LogP contribution in [0, 0.1) is 11.3 Å². The summed E-state index contributed by atoms with van der Waals surface area (Å²) >= 11 is 0. The Morgan fingerprint density at radius 2 is 2.11 bits per heavy atom. The summed E-state index contributed by atoms with van der Waals surface area (Å²) in [7, 11) is 1.77. The number of nitriles is 1. The monoisotopic (exact) mass is 254 g/mol. The second kappa shape index (κ2) is 6.22. The zero-order valence-electron chi connectivity index (χ0n) is 9.88. The van der Waals surface area contributed by atoms with E-state index in [1.807, 2.05) is 0 Å². The van der Waals surface area contributed by atoms with Crippen LogP contribution in [0.3, 0.4) is 0 Å². The molecule has 1 aromatic rings. The Hall–Kier alpha value is -1.80. The number of rotatable bonds is 4. The highest BCUT2D eigenvalue weighted by Crippen LogP contribution is 2.33. The van der Waals surface area contributed by atoms with E-state index in [2.05, 4.69) is 5.32 Å². The topological polar surface area (TPSA) is 35.8 Å². The lowest BCUT2D eigenvalue weighted by atomic mass is 10.0. The van der Waals surface area contributed by atoms with E-state index in [9.17, 15) is 13.2 Å². The number of alkyl halides is 3. The summed E-state index contributed by atoms with van der Waals surface area (Å²) in [6, 6.07) is 5.28. The highest BCUT2D eigenvalue weighted by atomic mass is 19.4. The SMILES string of the molecule is CNCCC=Cc1ccc(C#N)cc1C(F)(F)F. The minimum absolute atomic E-state index is 0.00898. The lowest BCUT2D eigenvalue weighted by Crippen LogP contribution is -2.08. The van der Waals surface area contributed by atoms with Crippen molar-refractivity contribution < 1.29 is 13.2 Å². The molecule has 0 bridgehead atoms. The minimum atomic E-state index is -4.45. The van der Waals surface area contributed by atoms with Gasteiger partial charge in [-0.05, 0) is 37.7 Å². The molecule has 0 aliphatic heterocycles. The summed E-state index contributed by atoms with van der Waals surface area (Å²) in [5, 5.41) is 11.5. The van der Waals surface area contributed by atoms with E-state index in [4.69, 9.17) is 5.26 Å². The molecule has 0 fully saturated rings. The number of halogens is 3. The van der Waals surface area contributed by atoms with E-state index in [0.717, 1.165) is 6.07 Å². The fourth-order valence-electron chi connectivity index (χ4n) is 1.45. The molecule has 0 aromatic heterocycles. The van der Waals surface area contributed by atoms with Crippen LogP contribution >= 0.6 is 0 Å². The normalized spacial score (nSPS) is 11.7. The van der Waals surface area contributed by atoms with Gasteiger partial charge in [-0.1, -0.05) is 18.2 Å². The molecule has 1 rings (SSSR count). The van der Waals surface area contributed by atoms with Crippen molar-refractivity contribution in [3.63, 3.8) is 0 Å². The van der Waals surface area contributed by atoms with Gasteiger partial charge in [0.15, 0.2) is 0 Å². The van der Waals surface area contributed by atoms with Gasteiger partial charge in [-0.2, -0.15) is 18.4 Å². The third-order valence-corrected chi connectivity index (χ3v) is 2.35. The Balaban J connectivity index is 3.04. The Bertz CT molecular complexity index is 470. The van der Waals surface area contributed by atoms with Crippen LogP contribution in [0.4, 0.5) is 13.2 Å². The van der Waals surface area contributed by atoms with Gasteiger partial charge in [0, 0.05) is 0 Å². The maximum atomic E-state index is 12.8. The predicted molar refractivity (Wildman–Crippen MR) is 63.7 cm³/mol. The third-order valence-electron chi connectivity index (χ3n) is 2.35. The largest absolute Gasteiger partial charge is 0.417 e. The van der Waals surface area contributed by atoms with Crippen LogP contribution in [0.15, 0.2) is 24.3 Å². The number of nitrogens with one attached hydrogen (secondary N) is 1. The molecule has 0 radical (unpaired) electrons. The van der Waals surface area contributed by atoms with Crippen LogP contribution in [0.25, 0.3) is 6.08 Å². The lowest BCUT2D eigenvalue weighted by molar-refractivity contribution is -0.137. The predicted octanol–water partition coefficient (Wildman–Crippen LogP) is 3.20. The molecule has 0 saturated carbocycles. The van der Waals surface area contributed by atoms with Crippen LogP contribution in [0.2, 0.25) is 0 Å². The first-order valence-electron chi connectivity index (χ1n) is 5.41. The molecule has 96 valence electrons. The number of benzene rings is 1. The van der Waals surface area contributed by atoms with Gasteiger partial charge >= 0.3 is 6.18 Å². The molecule has 0 atom stereocenters. The molecule has 0 aliphatic carbocycles. The van der Waals surface area contributed by atoms with Crippen molar-refractivity contribution >= 4 is 6.08 Å². The number of hydrogen-bond acceptors (Lipinski definition) is 2. The van der Waals surface area contributed by atoms with Gasteiger partial charge in [0.1, 0.15) is 0 Å². The average molecular weight is 254 g/mol. The van der Waals surface area contributed by atoms with Crippen molar-refractivity contribution in [3.05, 3.63) is 41.0 Å². The van der Waals surface area contributed by atoms with E-state index in [1.54, 1.807) is 19.2 Å². The fraction of sp³-hybridized carbons (Fsp3) is 0.308. The van der Waals surface area contributed by atoms with E-state index < -0.39 is 11.7 Å². The fourth-order valence-corrected chi connectivity index (χ4v) is 1.45.